The van der Waals surface area contributed by atoms with Crippen LogP contribution in [-0.2, 0) is 19.4 Å². The molecule has 0 heterocycles. The largest absolute Gasteiger partial charge is 0.573 e. The number of rotatable bonds is 5. The van der Waals surface area contributed by atoms with Gasteiger partial charge in [-0.1, -0.05) is 42.5 Å². The molecule has 0 saturated heterocycles. The molecule has 2 amide bonds. The summed E-state index contributed by atoms with van der Waals surface area (Å²) in [5.74, 6) is -0.281. The summed E-state index contributed by atoms with van der Waals surface area (Å²) in [6.07, 6.45) is -3.12. The van der Waals surface area contributed by atoms with Gasteiger partial charge in [-0.15, -0.1) is 13.2 Å². The van der Waals surface area contributed by atoms with Crippen molar-refractivity contribution in [3.63, 3.8) is 0 Å². The number of benzene rings is 3. The van der Waals surface area contributed by atoms with E-state index in [1.165, 1.54) is 12.1 Å². The Morgan fingerprint density at radius 3 is 2.55 bits per heavy atom. The minimum Gasteiger partial charge on any atom is -0.406 e. The van der Waals surface area contributed by atoms with Gasteiger partial charge in [0.15, 0.2) is 0 Å². The molecule has 1 aliphatic rings. The van der Waals surface area contributed by atoms with E-state index >= 15 is 0 Å². The number of amides is 2. The third-order valence-corrected chi connectivity index (χ3v) is 5.51. The van der Waals surface area contributed by atoms with Crippen LogP contribution in [0.1, 0.15) is 23.1 Å². The van der Waals surface area contributed by atoms with Crippen LogP contribution in [0.5, 0.6) is 5.75 Å². The lowest BCUT2D eigenvalue weighted by Gasteiger charge is -2.23. The number of carbonyl (C=O) groups excluding carboxylic acids is 1. The zero-order valence-electron chi connectivity index (χ0n) is 17.7. The van der Waals surface area contributed by atoms with Crippen molar-refractivity contribution >= 4 is 11.7 Å². The first-order valence-corrected chi connectivity index (χ1v) is 10.6. The highest BCUT2D eigenvalue weighted by atomic mass is 19.4. The van der Waals surface area contributed by atoms with Gasteiger partial charge in [0.2, 0.25) is 0 Å². The lowest BCUT2D eigenvalue weighted by atomic mass is 9.88. The first kappa shape index (κ1) is 22.7. The standard InChI is InChI=1S/C25H23F3N2O3/c26-25(27,28)33-21-11-8-17(9-12-21)19-5-1-3-16(13-19)15-29-24(32)30-23-6-2-4-18-7-10-20(31)14-22(18)23/h1-6,8-9,11-13,20,31H,7,10,14-15H2,(H2,29,30,32). The number of ether oxygens (including phenoxy) is 1. The van der Waals surface area contributed by atoms with Gasteiger partial charge in [0.05, 0.1) is 6.10 Å². The topological polar surface area (TPSA) is 70.6 Å². The van der Waals surface area contributed by atoms with E-state index in [-0.39, 0.29) is 18.3 Å². The first-order chi connectivity index (χ1) is 15.8. The summed E-state index contributed by atoms with van der Waals surface area (Å²) < 4.78 is 40.9. The fourth-order valence-electron chi connectivity index (χ4n) is 3.95. The Bertz CT molecular complexity index is 1130. The molecule has 3 aromatic carbocycles. The number of nitrogens with one attached hydrogen (secondary N) is 2. The number of alkyl halides is 3. The highest BCUT2D eigenvalue weighted by Crippen LogP contribution is 2.29. The van der Waals surface area contributed by atoms with E-state index in [2.05, 4.69) is 15.4 Å². The first-order valence-electron chi connectivity index (χ1n) is 10.6. The zero-order chi connectivity index (χ0) is 23.4. The number of carbonyl (C=O) groups is 1. The van der Waals surface area contributed by atoms with E-state index in [9.17, 15) is 23.1 Å². The monoisotopic (exact) mass is 456 g/mol. The summed E-state index contributed by atoms with van der Waals surface area (Å²) in [4.78, 5) is 12.5. The van der Waals surface area contributed by atoms with Crippen LogP contribution in [0.4, 0.5) is 23.7 Å². The van der Waals surface area contributed by atoms with Gasteiger partial charge in [-0.2, -0.15) is 0 Å². The second kappa shape index (κ2) is 9.54. The molecule has 5 nitrogen and oxygen atoms in total. The highest BCUT2D eigenvalue weighted by molar-refractivity contribution is 5.90. The predicted octanol–water partition coefficient (Wildman–Crippen LogP) is 5.42. The number of aliphatic hydroxyl groups excluding tert-OH is 1. The molecule has 3 aromatic rings. The van der Waals surface area contributed by atoms with Crippen LogP contribution in [0.3, 0.4) is 0 Å². The van der Waals surface area contributed by atoms with Crippen LogP contribution >= 0.6 is 0 Å². The fraction of sp³-hybridized carbons (Fsp3) is 0.240. The maximum atomic E-state index is 12.5. The van der Waals surface area contributed by atoms with Gasteiger partial charge in [0, 0.05) is 18.7 Å². The van der Waals surface area contributed by atoms with Gasteiger partial charge in [0.25, 0.3) is 0 Å². The van der Waals surface area contributed by atoms with Crippen molar-refractivity contribution in [2.45, 2.75) is 38.3 Å². The molecule has 8 heteroatoms. The normalized spacial score (nSPS) is 15.5. The molecular weight excluding hydrogens is 433 g/mol. The molecule has 0 bridgehead atoms. The molecule has 172 valence electrons. The average molecular weight is 456 g/mol. The van der Waals surface area contributed by atoms with Gasteiger partial charge in [0.1, 0.15) is 5.75 Å². The van der Waals surface area contributed by atoms with E-state index in [1.54, 1.807) is 12.1 Å². The Labute approximate surface area is 189 Å². The van der Waals surface area contributed by atoms with E-state index in [1.807, 2.05) is 42.5 Å². The number of hydrogen-bond donors (Lipinski definition) is 3. The predicted molar refractivity (Wildman–Crippen MR) is 119 cm³/mol. The summed E-state index contributed by atoms with van der Waals surface area (Å²) in [5.41, 5.74) is 5.16. The molecule has 0 aliphatic heterocycles. The minimum atomic E-state index is -4.73. The van der Waals surface area contributed by atoms with Gasteiger partial charge in [-0.05, 0) is 64.9 Å². The molecule has 0 saturated carbocycles. The number of aryl methyl sites for hydroxylation is 1. The fourth-order valence-corrected chi connectivity index (χ4v) is 3.95. The molecule has 4 rings (SSSR count). The minimum absolute atomic E-state index is 0.270. The molecule has 3 N–H and O–H groups in total. The van der Waals surface area contributed by atoms with E-state index < -0.39 is 12.5 Å². The van der Waals surface area contributed by atoms with Gasteiger partial charge in [-0.25, -0.2) is 4.79 Å². The molecule has 0 aromatic heterocycles. The second-order valence-corrected chi connectivity index (χ2v) is 7.92. The molecule has 1 unspecified atom stereocenters. The van der Waals surface area contributed by atoms with Crippen molar-refractivity contribution in [1.82, 2.24) is 5.32 Å². The van der Waals surface area contributed by atoms with Gasteiger partial charge < -0.3 is 20.5 Å². The molecular formula is C25H23F3N2O3. The zero-order valence-corrected chi connectivity index (χ0v) is 17.7. The van der Waals surface area contributed by atoms with Crippen molar-refractivity contribution in [2.24, 2.45) is 0 Å². The Morgan fingerprint density at radius 1 is 1.03 bits per heavy atom. The van der Waals surface area contributed by atoms with Crippen molar-refractivity contribution in [2.75, 3.05) is 5.32 Å². The molecule has 0 fully saturated rings. The molecule has 0 radical (unpaired) electrons. The Balaban J connectivity index is 1.38. The summed E-state index contributed by atoms with van der Waals surface area (Å²) in [7, 11) is 0. The number of urea groups is 1. The summed E-state index contributed by atoms with van der Waals surface area (Å²) in [6, 6.07) is 18.4. The second-order valence-electron chi connectivity index (χ2n) is 7.92. The Hall–Kier alpha value is -3.52. The van der Waals surface area contributed by atoms with Crippen LogP contribution in [-0.4, -0.2) is 23.6 Å². The quantitative estimate of drug-likeness (QED) is 0.480. The van der Waals surface area contributed by atoms with Crippen LogP contribution in [0.25, 0.3) is 11.1 Å². The summed E-state index contributed by atoms with van der Waals surface area (Å²) in [5, 5.41) is 15.7. The SMILES string of the molecule is O=C(NCc1cccc(-c2ccc(OC(F)(F)F)cc2)c1)Nc1cccc2c1CC(O)CC2. The number of aliphatic hydroxyl groups is 1. The molecule has 1 atom stereocenters. The smallest absolute Gasteiger partial charge is 0.406 e. The highest BCUT2D eigenvalue weighted by Gasteiger charge is 2.31. The van der Waals surface area contributed by atoms with E-state index in [0.29, 0.717) is 12.1 Å². The Morgan fingerprint density at radius 2 is 1.79 bits per heavy atom. The van der Waals surface area contributed by atoms with Crippen molar-refractivity contribution < 1.29 is 27.8 Å². The van der Waals surface area contributed by atoms with Crippen LogP contribution in [0.15, 0.2) is 66.7 Å². The number of hydrogen-bond acceptors (Lipinski definition) is 3. The van der Waals surface area contributed by atoms with Crippen LogP contribution < -0.4 is 15.4 Å². The number of fused-ring (bicyclic) bond motifs is 1. The van der Waals surface area contributed by atoms with Crippen LogP contribution in [0.2, 0.25) is 0 Å². The lowest BCUT2D eigenvalue weighted by molar-refractivity contribution is -0.274. The van der Waals surface area contributed by atoms with Crippen LogP contribution in [0, 0.1) is 0 Å². The number of halogens is 3. The summed E-state index contributed by atoms with van der Waals surface area (Å²) in [6.45, 7) is 0.270. The molecule has 0 spiro atoms. The third-order valence-electron chi connectivity index (χ3n) is 5.51. The van der Waals surface area contributed by atoms with Crippen molar-refractivity contribution in [1.29, 1.82) is 0 Å². The molecule has 1 aliphatic carbocycles. The van der Waals surface area contributed by atoms with Gasteiger partial charge >= 0.3 is 12.4 Å². The van der Waals surface area contributed by atoms with Crippen molar-refractivity contribution in [3.8, 4) is 16.9 Å². The molecule has 33 heavy (non-hydrogen) atoms. The van der Waals surface area contributed by atoms with Crippen molar-refractivity contribution in [3.05, 3.63) is 83.4 Å². The third kappa shape index (κ3) is 6.04. The van der Waals surface area contributed by atoms with Gasteiger partial charge in [-0.3, -0.25) is 0 Å². The summed E-state index contributed by atoms with van der Waals surface area (Å²) >= 11 is 0. The maximum absolute atomic E-state index is 12.5. The number of anilines is 1. The average Bonchev–Trinajstić information content (AvgIpc) is 2.78. The lowest BCUT2D eigenvalue weighted by Crippen LogP contribution is -2.29. The van der Waals surface area contributed by atoms with E-state index in [4.69, 9.17) is 0 Å². The van der Waals surface area contributed by atoms with E-state index in [0.717, 1.165) is 40.7 Å². The maximum Gasteiger partial charge on any atom is 0.573 e. The Kier molecular flexibility index (Phi) is 6.55.